The molecule has 0 aromatic heterocycles. The van der Waals surface area contributed by atoms with Crippen molar-refractivity contribution in [2.45, 2.75) is 82.2 Å². The van der Waals surface area contributed by atoms with Crippen molar-refractivity contribution in [3.63, 3.8) is 0 Å². The van der Waals surface area contributed by atoms with E-state index in [1.165, 1.54) is 11.3 Å². The van der Waals surface area contributed by atoms with Crippen LogP contribution < -0.4 is 10.1 Å². The molecule has 0 radical (unpaired) electrons. The number of hydrogen-bond acceptors (Lipinski definition) is 4. The monoisotopic (exact) mass is 500 g/mol. The van der Waals surface area contributed by atoms with Crippen LogP contribution in [0.4, 0.5) is 5.69 Å². The lowest BCUT2D eigenvalue weighted by atomic mass is 9.53. The fourth-order valence-corrected chi connectivity index (χ4v) is 7.91. The van der Waals surface area contributed by atoms with Crippen molar-refractivity contribution in [2.24, 2.45) is 17.3 Å². The molecule has 2 aromatic rings. The molecule has 3 atom stereocenters. The van der Waals surface area contributed by atoms with Crippen molar-refractivity contribution in [3.8, 4) is 5.75 Å². The zero-order valence-electron chi connectivity index (χ0n) is 22.2. The van der Waals surface area contributed by atoms with E-state index < -0.39 is 0 Å². The summed E-state index contributed by atoms with van der Waals surface area (Å²) in [7, 11) is 3.72. The van der Waals surface area contributed by atoms with Crippen molar-refractivity contribution in [2.75, 3.05) is 19.5 Å². The third-order valence-corrected chi connectivity index (χ3v) is 9.81. The molecule has 2 aromatic carbocycles. The maximum atomic E-state index is 13.2. The number of methoxy groups -OCH3 is 1. The summed E-state index contributed by atoms with van der Waals surface area (Å²) >= 11 is 0. The van der Waals surface area contributed by atoms with Crippen molar-refractivity contribution >= 4 is 17.4 Å². The van der Waals surface area contributed by atoms with E-state index in [1.807, 2.05) is 30.1 Å². The van der Waals surface area contributed by atoms with Crippen molar-refractivity contribution in [1.29, 1.82) is 0 Å². The fraction of sp³-hybridized carbons (Fsp3) is 0.562. The van der Waals surface area contributed by atoms with Crippen LogP contribution in [0.25, 0.3) is 0 Å². The van der Waals surface area contributed by atoms with Gasteiger partial charge in [0.05, 0.1) is 7.11 Å². The molecule has 4 aliphatic rings. The number of nitrogens with zero attached hydrogens (tertiary/aromatic N) is 1. The lowest BCUT2D eigenvalue weighted by Crippen LogP contribution is -2.47. The molecular formula is C32H40N2O3. The van der Waals surface area contributed by atoms with Crippen LogP contribution in [0.1, 0.15) is 74.8 Å². The number of fused-ring (bicyclic) bond motifs is 4. The number of benzene rings is 2. The van der Waals surface area contributed by atoms with Crippen LogP contribution in [0.3, 0.4) is 0 Å². The van der Waals surface area contributed by atoms with Gasteiger partial charge in [0, 0.05) is 55.6 Å². The largest absolute Gasteiger partial charge is 0.497 e. The second-order valence-electron chi connectivity index (χ2n) is 12.2. The molecule has 1 N–H and O–H groups in total. The molecular weight excluding hydrogens is 460 g/mol. The number of carbonyl (C=O) groups excluding carboxylic acids is 2. The van der Waals surface area contributed by atoms with E-state index in [-0.39, 0.29) is 11.3 Å². The van der Waals surface area contributed by atoms with Gasteiger partial charge in [-0.3, -0.25) is 9.59 Å². The van der Waals surface area contributed by atoms with Crippen LogP contribution in [0.2, 0.25) is 0 Å². The Kier molecular flexibility index (Phi) is 6.50. The Hall–Kier alpha value is -2.82. The first-order chi connectivity index (χ1) is 18.0. The van der Waals surface area contributed by atoms with E-state index in [1.54, 1.807) is 7.11 Å². The molecule has 3 unspecified atom stereocenters. The van der Waals surface area contributed by atoms with Crippen LogP contribution in [0, 0.1) is 17.3 Å². The number of ether oxygens (including phenoxy) is 1. The van der Waals surface area contributed by atoms with Gasteiger partial charge in [-0.2, -0.15) is 0 Å². The summed E-state index contributed by atoms with van der Waals surface area (Å²) in [4.78, 5) is 28.4. The van der Waals surface area contributed by atoms with Gasteiger partial charge in [0.2, 0.25) is 5.91 Å². The van der Waals surface area contributed by atoms with Crippen molar-refractivity contribution in [3.05, 3.63) is 59.7 Å². The number of anilines is 1. The number of nitrogens with one attached hydrogen (secondary N) is 1. The van der Waals surface area contributed by atoms with Crippen LogP contribution in [-0.2, 0) is 16.0 Å². The molecule has 1 amide bonds. The highest BCUT2D eigenvalue weighted by atomic mass is 16.5. The summed E-state index contributed by atoms with van der Waals surface area (Å²) in [6.45, 7) is 0. The fourth-order valence-electron chi connectivity index (χ4n) is 7.91. The molecule has 1 aliphatic heterocycles. The summed E-state index contributed by atoms with van der Waals surface area (Å²) < 4.78 is 5.52. The Bertz CT molecular complexity index is 1150. The van der Waals surface area contributed by atoms with Gasteiger partial charge in [-0.05, 0) is 79.9 Å². The number of carbonyl (C=O) groups is 2. The minimum absolute atomic E-state index is 0.141. The van der Waals surface area contributed by atoms with Gasteiger partial charge >= 0.3 is 0 Å². The first-order valence-electron chi connectivity index (χ1n) is 14.2. The Morgan fingerprint density at radius 1 is 1.05 bits per heavy atom. The summed E-state index contributed by atoms with van der Waals surface area (Å²) in [5.74, 6) is 2.55. The standard InChI is InChI=1S/C32H40N2O3/c1-34(24-8-9-24)31(36)23-12-14-32(15-13-23)20-22(17-25(35)16-21-6-4-3-5-7-21)18-29-30(32)27-11-10-26(37-2)19-28(27)33-29/h3-7,10-11,19,22-24,29-30,33H,8-9,12-18,20H2,1-2H3. The number of amides is 1. The number of hydrogen-bond donors (Lipinski definition) is 1. The number of Topliss-reactive ketones (excluding diaryl/α,β-unsaturated/α-hetero) is 1. The molecule has 196 valence electrons. The maximum absolute atomic E-state index is 13.2. The van der Waals surface area contributed by atoms with Gasteiger partial charge in [0.25, 0.3) is 0 Å². The predicted octanol–water partition coefficient (Wildman–Crippen LogP) is 5.98. The van der Waals surface area contributed by atoms with E-state index in [0.717, 1.165) is 62.7 Å². The molecule has 3 saturated carbocycles. The minimum atomic E-state index is 0.141. The smallest absolute Gasteiger partial charge is 0.225 e. The zero-order chi connectivity index (χ0) is 25.6. The average Bonchev–Trinajstić information content (AvgIpc) is 3.69. The Labute approximate surface area is 221 Å². The van der Waals surface area contributed by atoms with Gasteiger partial charge in [-0.1, -0.05) is 36.4 Å². The predicted molar refractivity (Wildman–Crippen MR) is 146 cm³/mol. The molecule has 0 bridgehead atoms. The SMILES string of the molecule is COc1ccc2c(c1)NC1CC(CC(=O)Cc3ccccc3)CC3(CCC(C(=O)N(C)C4CC4)CC3)C21. The molecule has 3 aliphatic carbocycles. The van der Waals surface area contributed by atoms with Crippen molar-refractivity contribution in [1.82, 2.24) is 4.90 Å². The number of rotatable bonds is 7. The van der Waals surface area contributed by atoms with Crippen LogP contribution in [-0.4, -0.2) is 42.8 Å². The highest BCUT2D eigenvalue weighted by Gasteiger charge is 2.54. The highest BCUT2D eigenvalue weighted by molar-refractivity contribution is 5.81. The number of ketones is 1. The van der Waals surface area contributed by atoms with Crippen molar-refractivity contribution < 1.29 is 14.3 Å². The maximum Gasteiger partial charge on any atom is 0.225 e. The van der Waals surface area contributed by atoms with Gasteiger partial charge < -0.3 is 15.0 Å². The third-order valence-electron chi connectivity index (χ3n) is 9.81. The summed E-state index contributed by atoms with van der Waals surface area (Å²) in [5, 5.41) is 3.84. The molecule has 5 nitrogen and oxygen atoms in total. The molecule has 37 heavy (non-hydrogen) atoms. The molecule has 5 heteroatoms. The van der Waals surface area contributed by atoms with Gasteiger partial charge in [-0.15, -0.1) is 0 Å². The Morgan fingerprint density at radius 3 is 2.51 bits per heavy atom. The lowest BCUT2D eigenvalue weighted by Gasteiger charge is -2.52. The second kappa shape index (κ2) is 9.81. The molecule has 1 heterocycles. The van der Waals surface area contributed by atoms with Gasteiger partial charge in [0.1, 0.15) is 11.5 Å². The van der Waals surface area contributed by atoms with E-state index in [9.17, 15) is 9.59 Å². The second-order valence-corrected chi connectivity index (χ2v) is 12.2. The summed E-state index contributed by atoms with van der Waals surface area (Å²) in [6.07, 6.45) is 9.67. The third kappa shape index (κ3) is 4.78. The normalized spacial score (nSPS) is 30.2. The average molecular weight is 501 g/mol. The van der Waals surface area contributed by atoms with Gasteiger partial charge in [0.15, 0.2) is 0 Å². The van der Waals surface area contributed by atoms with Crippen LogP contribution in [0.15, 0.2) is 48.5 Å². The van der Waals surface area contributed by atoms with E-state index in [2.05, 4.69) is 35.6 Å². The molecule has 1 spiro atoms. The lowest BCUT2D eigenvalue weighted by molar-refractivity contribution is -0.137. The van der Waals surface area contributed by atoms with Crippen LogP contribution >= 0.6 is 0 Å². The summed E-state index contributed by atoms with van der Waals surface area (Å²) in [5.41, 5.74) is 3.84. The van der Waals surface area contributed by atoms with Crippen LogP contribution in [0.5, 0.6) is 5.75 Å². The Morgan fingerprint density at radius 2 is 1.81 bits per heavy atom. The topological polar surface area (TPSA) is 58.6 Å². The quantitative estimate of drug-likeness (QED) is 0.508. The molecule has 6 rings (SSSR count). The first kappa shape index (κ1) is 24.5. The minimum Gasteiger partial charge on any atom is -0.497 e. The summed E-state index contributed by atoms with van der Waals surface area (Å²) in [6, 6.07) is 17.4. The van der Waals surface area contributed by atoms with E-state index in [0.29, 0.717) is 48.5 Å². The van der Waals surface area contributed by atoms with E-state index in [4.69, 9.17) is 4.74 Å². The highest BCUT2D eigenvalue weighted by Crippen LogP contribution is 2.62. The van der Waals surface area contributed by atoms with Gasteiger partial charge in [-0.25, -0.2) is 0 Å². The Balaban J connectivity index is 1.22. The first-order valence-corrected chi connectivity index (χ1v) is 14.2. The molecule has 0 saturated heterocycles. The molecule has 3 fully saturated rings. The van der Waals surface area contributed by atoms with E-state index >= 15 is 0 Å². The zero-order valence-corrected chi connectivity index (χ0v) is 22.2.